The first-order valence-corrected chi connectivity index (χ1v) is 14.8. The summed E-state index contributed by atoms with van der Waals surface area (Å²) in [4.78, 5) is 44.3. The number of thioether (sulfide) groups is 1. The van der Waals surface area contributed by atoms with Crippen LogP contribution in [-0.4, -0.2) is 47.1 Å². The average molecular weight is 539 g/mol. The third-order valence-corrected chi connectivity index (χ3v) is 9.55. The monoisotopic (exact) mass is 538 g/mol. The van der Waals surface area contributed by atoms with Crippen molar-refractivity contribution in [2.24, 2.45) is 17.8 Å². The molecule has 1 aromatic carbocycles. The van der Waals surface area contributed by atoms with Gasteiger partial charge in [0.15, 0.2) is 11.6 Å². The zero-order chi connectivity index (χ0) is 26.6. The molecule has 0 bridgehead atoms. The molecule has 3 aliphatic rings. The lowest BCUT2D eigenvalue weighted by Crippen LogP contribution is -2.46. The van der Waals surface area contributed by atoms with Crippen LogP contribution in [0.3, 0.4) is 0 Å². The van der Waals surface area contributed by atoms with Crippen LogP contribution >= 0.6 is 11.8 Å². The number of carbonyl (C=O) groups is 3. The lowest BCUT2D eigenvalue weighted by molar-refractivity contribution is -0.127. The van der Waals surface area contributed by atoms with E-state index in [0.29, 0.717) is 36.9 Å². The van der Waals surface area contributed by atoms with Crippen molar-refractivity contribution in [1.82, 2.24) is 10.3 Å². The summed E-state index contributed by atoms with van der Waals surface area (Å²) in [6.07, 6.45) is 6.74. The van der Waals surface area contributed by atoms with Crippen LogP contribution in [0.15, 0.2) is 36.5 Å². The molecule has 1 saturated carbocycles. The lowest BCUT2D eigenvalue weighted by Gasteiger charge is -2.39. The van der Waals surface area contributed by atoms with E-state index >= 15 is 0 Å². The van der Waals surface area contributed by atoms with Crippen LogP contribution in [0.4, 0.5) is 4.39 Å². The van der Waals surface area contributed by atoms with E-state index in [9.17, 15) is 18.8 Å². The summed E-state index contributed by atoms with van der Waals surface area (Å²) in [5, 5.41) is 3.14. The quantitative estimate of drug-likeness (QED) is 0.491. The maximum atomic E-state index is 14.1. The molecule has 2 unspecified atom stereocenters. The predicted octanol–water partition coefficient (Wildman–Crippen LogP) is 5.15. The minimum absolute atomic E-state index is 0.00474. The molecule has 2 fully saturated rings. The standard InChI is InChI=1S/C30H35FN2O4S/c1-37-24-5-3-2-4-18(24)8-11-25(34)33-22-9-6-19(7-10-22)27-29(35)23-16-21(31)17-32-28(23)26(30(27)36)20-12-14-38-15-13-20/h2-5,16-17,19-20,22,26-27H,6-15H2,1H3,(H,33,34). The van der Waals surface area contributed by atoms with Crippen LogP contribution in [0.5, 0.6) is 5.75 Å². The maximum absolute atomic E-state index is 14.1. The molecule has 2 aromatic rings. The summed E-state index contributed by atoms with van der Waals surface area (Å²) in [5.41, 5.74) is 1.77. The van der Waals surface area contributed by atoms with E-state index in [2.05, 4.69) is 10.3 Å². The minimum Gasteiger partial charge on any atom is -0.496 e. The summed E-state index contributed by atoms with van der Waals surface area (Å²) in [6.45, 7) is 0. The van der Waals surface area contributed by atoms with Crippen molar-refractivity contribution in [2.45, 2.75) is 63.3 Å². The molecule has 5 rings (SSSR count). The predicted molar refractivity (Wildman–Crippen MR) is 145 cm³/mol. The SMILES string of the molecule is COc1ccccc1CCC(=O)NC1CCC(C2C(=O)c3cc(F)cnc3C(C3CCSCC3)C2=O)CC1. The van der Waals surface area contributed by atoms with Crippen LogP contribution in [-0.2, 0) is 16.0 Å². The number of aryl methyl sites for hydroxylation is 1. The normalized spacial score (nSPS) is 26.1. The number of benzene rings is 1. The molecular formula is C30H35FN2O4S. The fourth-order valence-corrected chi connectivity index (χ4v) is 7.67. The summed E-state index contributed by atoms with van der Waals surface area (Å²) in [6, 6.07) is 9.01. The van der Waals surface area contributed by atoms with Crippen molar-refractivity contribution in [3.63, 3.8) is 0 Å². The molecule has 1 aromatic heterocycles. The van der Waals surface area contributed by atoms with Crippen molar-refractivity contribution in [3.8, 4) is 5.75 Å². The zero-order valence-corrected chi connectivity index (χ0v) is 22.6. The number of carbonyl (C=O) groups excluding carboxylic acids is 3. The number of hydrogen-bond donors (Lipinski definition) is 1. The van der Waals surface area contributed by atoms with Crippen LogP contribution < -0.4 is 10.1 Å². The molecule has 1 N–H and O–H groups in total. The smallest absolute Gasteiger partial charge is 0.220 e. The Labute approximate surface area is 227 Å². The van der Waals surface area contributed by atoms with Gasteiger partial charge in [-0.05, 0) is 86.0 Å². The fourth-order valence-electron chi connectivity index (χ4n) is 6.53. The third kappa shape index (κ3) is 5.65. The Hall–Kier alpha value is -2.74. The van der Waals surface area contributed by atoms with Crippen molar-refractivity contribution in [1.29, 1.82) is 0 Å². The Balaban J connectivity index is 1.22. The molecule has 8 heteroatoms. The molecular weight excluding hydrogens is 503 g/mol. The van der Waals surface area contributed by atoms with Gasteiger partial charge >= 0.3 is 0 Å². The van der Waals surface area contributed by atoms with Gasteiger partial charge < -0.3 is 10.1 Å². The first kappa shape index (κ1) is 26.9. The Kier molecular flexibility index (Phi) is 8.46. The molecule has 2 atom stereocenters. The van der Waals surface area contributed by atoms with Crippen LogP contribution in [0.25, 0.3) is 0 Å². The highest BCUT2D eigenvalue weighted by Crippen LogP contribution is 2.45. The van der Waals surface area contributed by atoms with Crippen molar-refractivity contribution in [3.05, 3.63) is 59.2 Å². The van der Waals surface area contributed by atoms with Crippen LogP contribution in [0, 0.1) is 23.6 Å². The highest BCUT2D eigenvalue weighted by molar-refractivity contribution is 7.99. The second kappa shape index (κ2) is 12.0. The zero-order valence-electron chi connectivity index (χ0n) is 21.8. The van der Waals surface area contributed by atoms with Crippen molar-refractivity contribution in [2.75, 3.05) is 18.6 Å². The Morgan fingerprint density at radius 1 is 1.05 bits per heavy atom. The number of nitrogens with zero attached hydrogens (tertiary/aromatic N) is 1. The molecule has 38 heavy (non-hydrogen) atoms. The topological polar surface area (TPSA) is 85.4 Å². The number of pyridine rings is 1. The Bertz CT molecular complexity index is 1190. The number of ether oxygens (including phenoxy) is 1. The van der Waals surface area contributed by atoms with Gasteiger partial charge in [0.1, 0.15) is 11.6 Å². The summed E-state index contributed by atoms with van der Waals surface area (Å²) in [7, 11) is 1.63. The van der Waals surface area contributed by atoms with E-state index in [-0.39, 0.29) is 35.4 Å². The number of para-hydroxylation sites is 1. The molecule has 1 aliphatic heterocycles. The minimum atomic E-state index is -0.743. The van der Waals surface area contributed by atoms with Crippen LogP contribution in [0.1, 0.15) is 72.5 Å². The van der Waals surface area contributed by atoms with E-state index in [1.54, 1.807) is 7.11 Å². The lowest BCUT2D eigenvalue weighted by atomic mass is 9.64. The number of amides is 1. The van der Waals surface area contributed by atoms with Gasteiger partial charge in [0.05, 0.1) is 30.8 Å². The van der Waals surface area contributed by atoms with Gasteiger partial charge in [0.2, 0.25) is 5.91 Å². The van der Waals surface area contributed by atoms with Gasteiger partial charge in [-0.1, -0.05) is 18.2 Å². The number of hydrogen-bond acceptors (Lipinski definition) is 6. The number of methoxy groups -OCH3 is 1. The van der Waals surface area contributed by atoms with Gasteiger partial charge in [-0.3, -0.25) is 19.4 Å². The first-order chi connectivity index (χ1) is 18.5. The van der Waals surface area contributed by atoms with Crippen LogP contribution in [0.2, 0.25) is 0 Å². The van der Waals surface area contributed by atoms with Crippen molar-refractivity contribution < 1.29 is 23.5 Å². The van der Waals surface area contributed by atoms with Gasteiger partial charge in [0, 0.05) is 18.0 Å². The molecule has 1 saturated heterocycles. The highest BCUT2D eigenvalue weighted by atomic mass is 32.2. The molecule has 2 heterocycles. The second-order valence-corrected chi connectivity index (χ2v) is 12.0. The van der Waals surface area contributed by atoms with E-state index in [4.69, 9.17) is 4.74 Å². The number of fused-ring (bicyclic) bond motifs is 1. The summed E-state index contributed by atoms with van der Waals surface area (Å²) < 4.78 is 19.5. The number of halogens is 1. The first-order valence-electron chi connectivity index (χ1n) is 13.7. The molecule has 0 radical (unpaired) electrons. The Morgan fingerprint density at radius 3 is 2.50 bits per heavy atom. The molecule has 2 aliphatic carbocycles. The van der Waals surface area contributed by atoms with Crippen molar-refractivity contribution >= 4 is 29.2 Å². The molecule has 0 spiro atoms. The molecule has 202 valence electrons. The highest BCUT2D eigenvalue weighted by Gasteiger charge is 2.48. The maximum Gasteiger partial charge on any atom is 0.220 e. The van der Waals surface area contributed by atoms with Gasteiger partial charge in [-0.15, -0.1) is 0 Å². The number of ketones is 2. The number of rotatable bonds is 7. The van der Waals surface area contributed by atoms with Gasteiger partial charge in [0.25, 0.3) is 0 Å². The second-order valence-electron chi connectivity index (χ2n) is 10.7. The molecule has 6 nitrogen and oxygen atoms in total. The Morgan fingerprint density at radius 2 is 1.76 bits per heavy atom. The largest absolute Gasteiger partial charge is 0.496 e. The van der Waals surface area contributed by atoms with E-state index in [0.717, 1.165) is 54.7 Å². The van der Waals surface area contributed by atoms with E-state index in [1.165, 1.54) is 6.07 Å². The average Bonchev–Trinajstić information content (AvgIpc) is 2.94. The number of nitrogens with one attached hydrogen (secondary N) is 1. The van der Waals surface area contributed by atoms with Gasteiger partial charge in [-0.2, -0.15) is 11.8 Å². The summed E-state index contributed by atoms with van der Waals surface area (Å²) in [5.74, 6) is 0.808. The van der Waals surface area contributed by atoms with Gasteiger partial charge in [-0.25, -0.2) is 4.39 Å². The van der Waals surface area contributed by atoms with E-state index in [1.807, 2.05) is 36.0 Å². The number of aromatic nitrogens is 1. The third-order valence-electron chi connectivity index (χ3n) is 8.50. The number of Topliss-reactive ketones (excluding diaryl/α,β-unsaturated/α-hetero) is 2. The fraction of sp³-hybridized carbons (Fsp3) is 0.533. The molecule has 1 amide bonds. The van der Waals surface area contributed by atoms with E-state index < -0.39 is 17.7 Å². The summed E-state index contributed by atoms with van der Waals surface area (Å²) >= 11 is 1.89.